The second-order valence-electron chi connectivity index (χ2n) is 7.58. The second-order valence-corrected chi connectivity index (χ2v) is 9.04. The summed E-state index contributed by atoms with van der Waals surface area (Å²) < 4.78 is 10.8. The van der Waals surface area contributed by atoms with Gasteiger partial charge in [-0.05, 0) is 69.4 Å². The van der Waals surface area contributed by atoms with E-state index in [9.17, 15) is 14.4 Å². The molecule has 1 fully saturated rings. The van der Waals surface area contributed by atoms with E-state index in [1.54, 1.807) is 36.9 Å². The van der Waals surface area contributed by atoms with Gasteiger partial charge >= 0.3 is 5.97 Å². The van der Waals surface area contributed by atoms with E-state index < -0.39 is 11.9 Å². The van der Waals surface area contributed by atoms with Crippen LogP contribution in [0.25, 0.3) is 0 Å². The highest BCUT2D eigenvalue weighted by Crippen LogP contribution is 2.35. The van der Waals surface area contributed by atoms with Crippen LogP contribution in [0.1, 0.15) is 57.3 Å². The first-order chi connectivity index (χ1) is 15.3. The molecule has 0 saturated carbocycles. The third-order valence-electron chi connectivity index (χ3n) is 5.21. The topological polar surface area (TPSA) is 84.9 Å². The van der Waals surface area contributed by atoms with Gasteiger partial charge in [0, 0.05) is 18.1 Å². The van der Waals surface area contributed by atoms with Crippen LogP contribution in [0.5, 0.6) is 5.75 Å². The summed E-state index contributed by atoms with van der Waals surface area (Å²) in [6.45, 7) is 6.58. The Bertz CT molecular complexity index is 1010. The highest BCUT2D eigenvalue weighted by molar-refractivity contribution is 7.18. The summed E-state index contributed by atoms with van der Waals surface area (Å²) in [5, 5.41) is 3.60. The van der Waals surface area contributed by atoms with E-state index in [1.807, 2.05) is 6.92 Å². The lowest BCUT2D eigenvalue weighted by Crippen LogP contribution is -2.35. The van der Waals surface area contributed by atoms with Gasteiger partial charge in [-0.1, -0.05) is 11.6 Å². The Morgan fingerprint density at radius 2 is 1.88 bits per heavy atom. The number of likely N-dealkylation sites (tertiary alicyclic amines) is 1. The van der Waals surface area contributed by atoms with E-state index >= 15 is 0 Å². The monoisotopic (exact) mass is 478 g/mol. The van der Waals surface area contributed by atoms with Crippen molar-refractivity contribution in [1.29, 1.82) is 0 Å². The number of piperidine rings is 1. The molecule has 7 nitrogen and oxygen atoms in total. The number of rotatable bonds is 7. The minimum Gasteiger partial charge on any atom is -0.483 e. The minimum absolute atomic E-state index is 0.119. The Morgan fingerprint density at radius 3 is 2.53 bits per heavy atom. The average Bonchev–Trinajstić information content (AvgIpc) is 3.09. The van der Waals surface area contributed by atoms with Gasteiger partial charge in [-0.3, -0.25) is 9.59 Å². The highest BCUT2D eigenvalue weighted by Gasteiger charge is 2.29. The lowest BCUT2D eigenvalue weighted by Gasteiger charge is -2.26. The Kier molecular flexibility index (Phi) is 8.15. The predicted octanol–water partition coefficient (Wildman–Crippen LogP) is 4.84. The fourth-order valence-corrected chi connectivity index (χ4v) is 4.98. The van der Waals surface area contributed by atoms with Crippen LogP contribution >= 0.6 is 22.9 Å². The maximum Gasteiger partial charge on any atom is 0.341 e. The van der Waals surface area contributed by atoms with Gasteiger partial charge in [0.25, 0.3) is 11.8 Å². The molecule has 0 aliphatic carbocycles. The zero-order valence-electron chi connectivity index (χ0n) is 18.5. The summed E-state index contributed by atoms with van der Waals surface area (Å²) in [4.78, 5) is 40.5. The van der Waals surface area contributed by atoms with Crippen LogP contribution in [0, 0.1) is 13.8 Å². The number of nitrogens with one attached hydrogen (secondary N) is 1. The van der Waals surface area contributed by atoms with Crippen molar-refractivity contribution in [2.75, 3.05) is 31.6 Å². The molecule has 1 aromatic heterocycles. The average molecular weight is 479 g/mol. The number of thiophene rings is 1. The van der Waals surface area contributed by atoms with Gasteiger partial charge in [0.15, 0.2) is 6.61 Å². The number of halogens is 1. The zero-order chi connectivity index (χ0) is 23.3. The number of hydrogen-bond acceptors (Lipinski definition) is 6. The fraction of sp³-hybridized carbons (Fsp3) is 0.435. The summed E-state index contributed by atoms with van der Waals surface area (Å²) in [5.41, 5.74) is 1.54. The van der Waals surface area contributed by atoms with Gasteiger partial charge < -0.3 is 19.7 Å². The quantitative estimate of drug-likeness (QED) is 0.575. The van der Waals surface area contributed by atoms with Gasteiger partial charge in [-0.15, -0.1) is 11.3 Å². The molecule has 1 N–H and O–H groups in total. The van der Waals surface area contributed by atoms with Gasteiger partial charge in [-0.25, -0.2) is 4.79 Å². The molecule has 172 valence electrons. The van der Waals surface area contributed by atoms with Crippen molar-refractivity contribution in [2.45, 2.75) is 40.0 Å². The summed E-state index contributed by atoms with van der Waals surface area (Å²) >= 11 is 7.05. The van der Waals surface area contributed by atoms with Crippen LogP contribution in [-0.2, 0) is 9.53 Å². The summed E-state index contributed by atoms with van der Waals surface area (Å²) in [6, 6.07) is 5.12. The second kappa shape index (κ2) is 10.8. The molecule has 1 saturated heterocycles. The molecule has 0 atom stereocenters. The lowest BCUT2D eigenvalue weighted by atomic mass is 10.1. The number of esters is 1. The SMILES string of the molecule is CCOC(=O)c1c(NC(=O)COc2ccc(Cl)cc2C)sc(C(=O)N2CCCCC2)c1C. The molecule has 0 spiro atoms. The third kappa shape index (κ3) is 5.61. The van der Waals surface area contributed by atoms with Crippen molar-refractivity contribution in [3.8, 4) is 5.75 Å². The highest BCUT2D eigenvalue weighted by atomic mass is 35.5. The molecule has 1 aliphatic rings. The Hall–Kier alpha value is -2.58. The molecule has 1 aliphatic heterocycles. The van der Waals surface area contributed by atoms with Crippen LogP contribution in [0.3, 0.4) is 0 Å². The van der Waals surface area contributed by atoms with Crippen molar-refractivity contribution in [3.05, 3.63) is 44.8 Å². The van der Waals surface area contributed by atoms with Crippen LogP contribution in [0.2, 0.25) is 5.02 Å². The van der Waals surface area contributed by atoms with Crippen molar-refractivity contribution in [3.63, 3.8) is 0 Å². The van der Waals surface area contributed by atoms with E-state index in [0.29, 0.717) is 39.3 Å². The van der Waals surface area contributed by atoms with Crippen LogP contribution in [-0.4, -0.2) is 49.0 Å². The zero-order valence-corrected chi connectivity index (χ0v) is 20.0. The number of aryl methyl sites for hydroxylation is 1. The van der Waals surface area contributed by atoms with E-state index in [0.717, 1.165) is 36.2 Å². The maximum atomic E-state index is 13.1. The molecule has 2 aromatic rings. The van der Waals surface area contributed by atoms with E-state index in [1.165, 1.54) is 0 Å². The Morgan fingerprint density at radius 1 is 1.16 bits per heavy atom. The Labute approximate surface area is 196 Å². The molecule has 9 heteroatoms. The maximum absolute atomic E-state index is 13.1. The minimum atomic E-state index is -0.566. The van der Waals surface area contributed by atoms with E-state index in [2.05, 4.69) is 5.32 Å². The number of anilines is 1. The molecule has 32 heavy (non-hydrogen) atoms. The van der Waals surface area contributed by atoms with Crippen molar-refractivity contribution < 1.29 is 23.9 Å². The first kappa shape index (κ1) is 24.1. The van der Waals surface area contributed by atoms with E-state index in [-0.39, 0.29) is 24.7 Å². The number of amides is 2. The number of benzene rings is 1. The molecule has 1 aromatic carbocycles. The summed E-state index contributed by atoms with van der Waals surface area (Å²) in [5.74, 6) is -0.586. The largest absolute Gasteiger partial charge is 0.483 e. The van der Waals surface area contributed by atoms with Crippen LogP contribution in [0.15, 0.2) is 18.2 Å². The summed E-state index contributed by atoms with van der Waals surface area (Å²) in [7, 11) is 0. The van der Waals surface area contributed by atoms with Crippen molar-refractivity contribution in [2.24, 2.45) is 0 Å². The predicted molar refractivity (Wildman–Crippen MR) is 125 cm³/mol. The molecule has 0 radical (unpaired) electrons. The first-order valence-corrected chi connectivity index (χ1v) is 11.8. The molecule has 2 heterocycles. The lowest BCUT2D eigenvalue weighted by molar-refractivity contribution is -0.118. The van der Waals surface area contributed by atoms with Gasteiger partial charge in [0.05, 0.1) is 17.0 Å². The normalized spacial score (nSPS) is 13.6. The molecular weight excluding hydrogens is 452 g/mol. The number of nitrogens with zero attached hydrogens (tertiary/aromatic N) is 1. The third-order valence-corrected chi connectivity index (χ3v) is 6.64. The molecular formula is C23H27ClN2O5S. The van der Waals surface area contributed by atoms with E-state index in [4.69, 9.17) is 21.1 Å². The number of carbonyl (C=O) groups excluding carboxylic acids is 3. The first-order valence-electron chi connectivity index (χ1n) is 10.6. The van der Waals surface area contributed by atoms with Crippen LogP contribution in [0.4, 0.5) is 5.00 Å². The summed E-state index contributed by atoms with van der Waals surface area (Å²) in [6.07, 6.45) is 3.04. The van der Waals surface area contributed by atoms with Crippen molar-refractivity contribution >= 4 is 45.7 Å². The number of carbonyl (C=O) groups is 3. The van der Waals surface area contributed by atoms with Crippen LogP contribution < -0.4 is 10.1 Å². The Balaban J connectivity index is 1.79. The molecule has 2 amide bonds. The fourth-order valence-electron chi connectivity index (χ4n) is 3.58. The molecule has 0 bridgehead atoms. The van der Waals surface area contributed by atoms with Gasteiger partial charge in [0.1, 0.15) is 10.8 Å². The van der Waals surface area contributed by atoms with Crippen molar-refractivity contribution in [1.82, 2.24) is 4.90 Å². The number of ether oxygens (including phenoxy) is 2. The van der Waals surface area contributed by atoms with Gasteiger partial charge in [0.2, 0.25) is 0 Å². The molecule has 0 unspecified atom stereocenters. The number of hydrogen-bond donors (Lipinski definition) is 1. The standard InChI is InChI=1S/C23H27ClN2O5S/c1-4-30-23(29)19-15(3)20(22(28)26-10-6-5-7-11-26)32-21(19)25-18(27)13-31-17-9-8-16(24)12-14(17)2/h8-9,12H,4-7,10-11,13H2,1-3H3,(H,25,27). The smallest absolute Gasteiger partial charge is 0.341 e. The molecule has 3 rings (SSSR count). The van der Waals surface area contributed by atoms with Gasteiger partial charge in [-0.2, -0.15) is 0 Å².